The molecule has 3 rings (SSSR count). The minimum absolute atomic E-state index is 0.0565. The Labute approximate surface area is 162 Å². The van der Waals surface area contributed by atoms with Crippen LogP contribution in [0.15, 0.2) is 46.7 Å². The lowest BCUT2D eigenvalue weighted by Crippen LogP contribution is -2.29. The molecule has 7 heteroatoms. The van der Waals surface area contributed by atoms with Crippen molar-refractivity contribution in [2.75, 3.05) is 6.54 Å². The average Bonchev–Trinajstić information content (AvgIpc) is 3.26. The molecule has 0 radical (unpaired) electrons. The van der Waals surface area contributed by atoms with Crippen LogP contribution in [0.1, 0.15) is 27.7 Å². The van der Waals surface area contributed by atoms with E-state index in [1.54, 1.807) is 24.3 Å². The molecular weight excluding hydrogens is 386 g/mol. The molecule has 0 unspecified atom stereocenters. The fraction of sp³-hybridized carbons (Fsp3) is 0.263. The van der Waals surface area contributed by atoms with Crippen LogP contribution in [0.3, 0.4) is 0 Å². The Hall–Kier alpha value is -1.51. The van der Waals surface area contributed by atoms with Gasteiger partial charge in [0.05, 0.1) is 4.90 Å². The second kappa shape index (κ2) is 7.62. The van der Waals surface area contributed by atoms with Crippen LogP contribution < -0.4 is 4.72 Å². The molecule has 26 heavy (non-hydrogen) atoms. The van der Waals surface area contributed by atoms with Gasteiger partial charge in [0, 0.05) is 21.2 Å². The highest BCUT2D eigenvalue weighted by atomic mass is 32.2. The molecule has 1 atom stereocenters. The predicted molar refractivity (Wildman–Crippen MR) is 108 cm³/mol. The Morgan fingerprint density at radius 1 is 1.04 bits per heavy atom. The van der Waals surface area contributed by atoms with Gasteiger partial charge < -0.3 is 5.11 Å². The lowest BCUT2D eigenvalue weighted by atomic mass is 10.1. The van der Waals surface area contributed by atoms with E-state index in [9.17, 15) is 13.5 Å². The van der Waals surface area contributed by atoms with Gasteiger partial charge in [0.25, 0.3) is 0 Å². The Morgan fingerprint density at radius 2 is 1.77 bits per heavy atom. The summed E-state index contributed by atoms with van der Waals surface area (Å²) >= 11 is 3.12. The number of benzene rings is 1. The molecule has 0 fully saturated rings. The first-order chi connectivity index (χ1) is 12.3. The molecule has 0 amide bonds. The van der Waals surface area contributed by atoms with Gasteiger partial charge in [0.2, 0.25) is 10.0 Å². The first-order valence-electron chi connectivity index (χ1n) is 8.17. The summed E-state index contributed by atoms with van der Waals surface area (Å²) in [6, 6.07) is 11.4. The molecule has 4 nitrogen and oxygen atoms in total. The smallest absolute Gasteiger partial charge is 0.240 e. The Balaban J connectivity index is 1.73. The fourth-order valence-electron chi connectivity index (χ4n) is 2.67. The number of sulfonamides is 1. The maximum Gasteiger partial charge on any atom is 0.240 e. The molecule has 138 valence electrons. The van der Waals surface area contributed by atoms with Crippen LogP contribution in [-0.2, 0) is 10.0 Å². The summed E-state index contributed by atoms with van der Waals surface area (Å²) < 4.78 is 27.8. The van der Waals surface area contributed by atoms with E-state index >= 15 is 0 Å². The molecule has 0 saturated carbocycles. The van der Waals surface area contributed by atoms with E-state index in [0.29, 0.717) is 5.56 Å². The van der Waals surface area contributed by atoms with Crippen LogP contribution in [-0.4, -0.2) is 20.1 Å². The van der Waals surface area contributed by atoms with E-state index in [-0.39, 0.29) is 11.4 Å². The fourth-order valence-corrected chi connectivity index (χ4v) is 5.85. The molecule has 3 aromatic rings. The minimum atomic E-state index is -3.67. The number of aliphatic hydroxyl groups excluding tert-OH is 1. The first kappa shape index (κ1) is 19.3. The molecule has 0 spiro atoms. The van der Waals surface area contributed by atoms with Gasteiger partial charge in [0.1, 0.15) is 6.10 Å². The van der Waals surface area contributed by atoms with Gasteiger partial charge >= 0.3 is 0 Å². The van der Waals surface area contributed by atoms with E-state index in [0.717, 1.165) is 25.8 Å². The van der Waals surface area contributed by atoms with Crippen LogP contribution in [0.4, 0.5) is 0 Å². The number of aryl methyl sites for hydroxylation is 3. The highest BCUT2D eigenvalue weighted by Gasteiger charge is 2.20. The van der Waals surface area contributed by atoms with Crippen molar-refractivity contribution >= 4 is 32.7 Å². The SMILES string of the molecule is Cc1cc(C)c(S(=O)(=O)NC[C@@H](O)c2ccc(-c3cccs3)s2)cc1C. The van der Waals surface area contributed by atoms with Crippen LogP contribution in [0, 0.1) is 20.8 Å². The summed E-state index contributed by atoms with van der Waals surface area (Å²) in [5, 5.41) is 12.4. The van der Waals surface area contributed by atoms with Gasteiger partial charge in [-0.1, -0.05) is 12.1 Å². The summed E-state index contributed by atoms with van der Waals surface area (Å²) in [5.74, 6) is 0. The summed E-state index contributed by atoms with van der Waals surface area (Å²) in [7, 11) is -3.67. The highest BCUT2D eigenvalue weighted by Crippen LogP contribution is 2.34. The van der Waals surface area contributed by atoms with Crippen molar-refractivity contribution in [3.63, 3.8) is 0 Å². The zero-order chi connectivity index (χ0) is 18.9. The summed E-state index contributed by atoms with van der Waals surface area (Å²) in [5.41, 5.74) is 2.68. The second-order valence-electron chi connectivity index (χ2n) is 6.25. The van der Waals surface area contributed by atoms with Crippen molar-refractivity contribution in [3.8, 4) is 9.75 Å². The maximum absolute atomic E-state index is 12.6. The third-order valence-electron chi connectivity index (χ3n) is 4.27. The van der Waals surface area contributed by atoms with E-state index in [1.807, 2.05) is 49.6 Å². The molecule has 2 heterocycles. The quantitative estimate of drug-likeness (QED) is 0.636. The van der Waals surface area contributed by atoms with E-state index in [1.165, 1.54) is 11.3 Å². The zero-order valence-electron chi connectivity index (χ0n) is 14.8. The van der Waals surface area contributed by atoms with Crippen LogP contribution >= 0.6 is 22.7 Å². The number of hydrogen-bond acceptors (Lipinski definition) is 5. The predicted octanol–water partition coefficient (Wildman–Crippen LogP) is 4.41. The zero-order valence-corrected chi connectivity index (χ0v) is 17.3. The van der Waals surface area contributed by atoms with E-state index in [4.69, 9.17) is 0 Å². The molecule has 2 aromatic heterocycles. The largest absolute Gasteiger partial charge is 0.386 e. The van der Waals surface area contributed by atoms with Gasteiger partial charge in [-0.3, -0.25) is 0 Å². The third-order valence-corrected chi connectivity index (χ3v) is 8.08. The first-order valence-corrected chi connectivity index (χ1v) is 11.3. The summed E-state index contributed by atoms with van der Waals surface area (Å²) in [6.07, 6.45) is -0.879. The van der Waals surface area contributed by atoms with Crippen LogP contribution in [0.5, 0.6) is 0 Å². The minimum Gasteiger partial charge on any atom is -0.386 e. The van der Waals surface area contributed by atoms with Crippen LogP contribution in [0.2, 0.25) is 0 Å². The standard InChI is InChI=1S/C19H21NO3S3/c1-12-9-14(3)19(10-13(12)2)26(22,23)20-11-15(21)16-6-7-18(25-16)17-5-4-8-24-17/h4-10,15,20-21H,11H2,1-3H3/t15-/m1/s1. The number of aliphatic hydroxyl groups is 1. The highest BCUT2D eigenvalue weighted by molar-refractivity contribution is 7.89. The molecule has 0 aliphatic rings. The monoisotopic (exact) mass is 407 g/mol. The number of hydrogen-bond donors (Lipinski definition) is 2. The average molecular weight is 408 g/mol. The third kappa shape index (κ3) is 4.07. The molecule has 0 saturated heterocycles. The number of thiophene rings is 2. The Bertz CT molecular complexity index is 1000. The molecule has 0 aliphatic carbocycles. The van der Waals surface area contributed by atoms with E-state index < -0.39 is 16.1 Å². The number of rotatable bonds is 6. The second-order valence-corrected chi connectivity index (χ2v) is 10.0. The Kier molecular flexibility index (Phi) is 5.64. The maximum atomic E-state index is 12.6. The van der Waals surface area contributed by atoms with Gasteiger partial charge in [-0.15, -0.1) is 22.7 Å². The molecule has 0 bridgehead atoms. The van der Waals surface area contributed by atoms with Gasteiger partial charge in [-0.25, -0.2) is 13.1 Å². The normalized spacial score (nSPS) is 13.1. The summed E-state index contributed by atoms with van der Waals surface area (Å²) in [6.45, 7) is 5.57. The van der Waals surface area contributed by atoms with Crippen LogP contribution in [0.25, 0.3) is 9.75 Å². The van der Waals surface area contributed by atoms with Crippen molar-refractivity contribution in [1.29, 1.82) is 0 Å². The van der Waals surface area contributed by atoms with Gasteiger partial charge in [-0.05, 0) is 67.1 Å². The van der Waals surface area contributed by atoms with Gasteiger partial charge in [0.15, 0.2) is 0 Å². The van der Waals surface area contributed by atoms with Crippen molar-refractivity contribution in [2.45, 2.75) is 31.8 Å². The molecule has 0 aliphatic heterocycles. The topological polar surface area (TPSA) is 66.4 Å². The lowest BCUT2D eigenvalue weighted by molar-refractivity contribution is 0.186. The molecule has 1 aromatic carbocycles. The number of nitrogens with one attached hydrogen (secondary N) is 1. The summed E-state index contributed by atoms with van der Waals surface area (Å²) in [4.78, 5) is 3.22. The van der Waals surface area contributed by atoms with E-state index in [2.05, 4.69) is 4.72 Å². The van der Waals surface area contributed by atoms with Crippen molar-refractivity contribution in [3.05, 3.63) is 63.3 Å². The Morgan fingerprint density at radius 3 is 2.46 bits per heavy atom. The van der Waals surface area contributed by atoms with Crippen molar-refractivity contribution in [1.82, 2.24) is 4.72 Å². The van der Waals surface area contributed by atoms with Crippen molar-refractivity contribution < 1.29 is 13.5 Å². The van der Waals surface area contributed by atoms with Gasteiger partial charge in [-0.2, -0.15) is 0 Å². The lowest BCUT2D eigenvalue weighted by Gasteiger charge is -2.14. The molecule has 2 N–H and O–H groups in total. The molecular formula is C19H21NO3S3. The van der Waals surface area contributed by atoms with Crippen molar-refractivity contribution in [2.24, 2.45) is 0 Å².